The number of hydrogen-bond acceptors (Lipinski definition) is 4. The summed E-state index contributed by atoms with van der Waals surface area (Å²) < 4.78 is 1.53. The summed E-state index contributed by atoms with van der Waals surface area (Å²) >= 11 is 0. The largest absolute Gasteiger partial charge is 0.508 e. The highest BCUT2D eigenvalue weighted by molar-refractivity contribution is 6.07. The van der Waals surface area contributed by atoms with E-state index in [0.29, 0.717) is 12.2 Å². The maximum atomic E-state index is 12.2. The lowest BCUT2D eigenvalue weighted by Crippen LogP contribution is -2.20. The van der Waals surface area contributed by atoms with Gasteiger partial charge in [0.2, 0.25) is 0 Å². The number of aryl methyl sites for hydroxylation is 1. The summed E-state index contributed by atoms with van der Waals surface area (Å²) in [5, 5.41) is 12.1. The van der Waals surface area contributed by atoms with Gasteiger partial charge in [-0.05, 0) is 30.7 Å². The fourth-order valence-corrected chi connectivity index (χ4v) is 1.96. The number of nitrogens with one attached hydrogen (secondary N) is 1. The number of rotatable bonds is 4. The molecule has 0 aliphatic rings. The summed E-state index contributed by atoms with van der Waals surface area (Å²) in [5.41, 5.74) is 6.55. The van der Waals surface area contributed by atoms with Crippen LogP contribution >= 0.6 is 0 Å². The van der Waals surface area contributed by atoms with Gasteiger partial charge in [0.05, 0.1) is 11.3 Å². The number of nitrogens with zero attached hydrogens (tertiary/aromatic N) is 1. The van der Waals surface area contributed by atoms with E-state index in [1.165, 1.54) is 34.9 Å². The van der Waals surface area contributed by atoms with Crippen molar-refractivity contribution >= 4 is 17.3 Å². The minimum Gasteiger partial charge on any atom is -0.508 e. The van der Waals surface area contributed by atoms with Crippen LogP contribution in [0.5, 0.6) is 5.75 Å². The van der Waals surface area contributed by atoms with Crippen LogP contribution in [0.2, 0.25) is 0 Å². The van der Waals surface area contributed by atoms with E-state index in [2.05, 4.69) is 5.32 Å². The number of aromatic nitrogens is 1. The van der Waals surface area contributed by atoms with Crippen molar-refractivity contribution in [3.05, 3.63) is 52.4 Å². The lowest BCUT2D eigenvalue weighted by atomic mass is 10.1. The minimum atomic E-state index is -0.440. The van der Waals surface area contributed by atoms with Crippen LogP contribution in [-0.4, -0.2) is 15.6 Å². The number of phenolic OH excluding ortho intramolecular Hbond substituents is 1. The summed E-state index contributed by atoms with van der Waals surface area (Å²) in [6.07, 6.45) is 2.40. The van der Waals surface area contributed by atoms with Crippen molar-refractivity contribution in [2.24, 2.45) is 0 Å². The molecule has 0 saturated heterocycles. The molecular weight excluding hydrogens is 270 g/mol. The predicted octanol–water partition coefficient (Wildman–Crippen LogP) is 1.80. The number of carbonyl (C=O) groups is 1. The van der Waals surface area contributed by atoms with Crippen molar-refractivity contribution in [3.8, 4) is 5.75 Å². The molecule has 0 atom stereocenters. The summed E-state index contributed by atoms with van der Waals surface area (Å²) in [6.45, 7) is 2.54. The molecule has 1 amide bonds. The summed E-state index contributed by atoms with van der Waals surface area (Å²) in [7, 11) is 0. The van der Waals surface area contributed by atoms with E-state index in [0.717, 1.165) is 6.42 Å². The molecule has 2 aromatic rings. The van der Waals surface area contributed by atoms with Crippen LogP contribution in [0.15, 0.2) is 41.3 Å². The number of amides is 1. The molecule has 0 radical (unpaired) electrons. The summed E-state index contributed by atoms with van der Waals surface area (Å²) in [4.78, 5) is 23.8. The molecule has 6 nitrogen and oxygen atoms in total. The van der Waals surface area contributed by atoms with Crippen LogP contribution in [0.1, 0.15) is 23.7 Å². The number of hydrogen-bond donors (Lipinski definition) is 3. The van der Waals surface area contributed by atoms with Gasteiger partial charge in [0.1, 0.15) is 5.75 Å². The number of aromatic hydroxyl groups is 1. The van der Waals surface area contributed by atoms with Gasteiger partial charge in [0.25, 0.3) is 11.5 Å². The van der Waals surface area contributed by atoms with Crippen LogP contribution in [0.4, 0.5) is 11.4 Å². The number of phenols is 1. The zero-order chi connectivity index (χ0) is 15.4. The molecule has 4 N–H and O–H groups in total. The molecule has 0 fully saturated rings. The van der Waals surface area contributed by atoms with Crippen molar-refractivity contribution in [1.82, 2.24) is 4.57 Å². The van der Waals surface area contributed by atoms with Crippen molar-refractivity contribution in [3.63, 3.8) is 0 Å². The Morgan fingerprint density at radius 3 is 2.81 bits per heavy atom. The number of carbonyl (C=O) groups excluding carboxylic acids is 1. The Kier molecular flexibility index (Phi) is 4.27. The Morgan fingerprint density at radius 1 is 1.33 bits per heavy atom. The van der Waals surface area contributed by atoms with Crippen molar-refractivity contribution < 1.29 is 9.90 Å². The van der Waals surface area contributed by atoms with E-state index in [1.54, 1.807) is 6.20 Å². The predicted molar refractivity (Wildman–Crippen MR) is 81.5 cm³/mol. The van der Waals surface area contributed by atoms with Gasteiger partial charge >= 0.3 is 0 Å². The SMILES string of the molecule is CCCn1cc(NC(=O)c2cc(O)ccc2N)ccc1=O. The monoisotopic (exact) mass is 287 g/mol. The second-order valence-electron chi connectivity index (χ2n) is 4.68. The van der Waals surface area contributed by atoms with Crippen LogP contribution < -0.4 is 16.6 Å². The number of nitrogen functional groups attached to an aromatic ring is 1. The van der Waals surface area contributed by atoms with Gasteiger partial charge in [0, 0.05) is 24.5 Å². The molecule has 1 aromatic carbocycles. The van der Waals surface area contributed by atoms with Gasteiger partial charge < -0.3 is 20.7 Å². The molecule has 0 unspecified atom stereocenters. The Labute approximate surface area is 121 Å². The summed E-state index contributed by atoms with van der Waals surface area (Å²) in [6, 6.07) is 7.10. The molecule has 6 heteroatoms. The zero-order valence-corrected chi connectivity index (χ0v) is 11.7. The number of benzene rings is 1. The van der Waals surface area contributed by atoms with Gasteiger partial charge in [-0.1, -0.05) is 6.92 Å². The Bertz CT molecular complexity index is 722. The molecule has 21 heavy (non-hydrogen) atoms. The summed E-state index contributed by atoms with van der Waals surface area (Å²) in [5.74, 6) is -0.476. The van der Waals surface area contributed by atoms with Crippen molar-refractivity contribution in [2.45, 2.75) is 19.9 Å². The zero-order valence-electron chi connectivity index (χ0n) is 11.7. The van der Waals surface area contributed by atoms with Gasteiger partial charge in [-0.15, -0.1) is 0 Å². The molecule has 0 saturated carbocycles. The Hall–Kier alpha value is -2.76. The van der Waals surface area contributed by atoms with Crippen molar-refractivity contribution in [2.75, 3.05) is 11.1 Å². The fraction of sp³-hybridized carbons (Fsp3) is 0.200. The topological polar surface area (TPSA) is 97.3 Å². The van der Waals surface area contributed by atoms with Crippen LogP contribution in [0.3, 0.4) is 0 Å². The highest BCUT2D eigenvalue weighted by atomic mass is 16.3. The molecule has 0 aliphatic carbocycles. The maximum absolute atomic E-state index is 12.2. The van der Waals surface area contributed by atoms with E-state index < -0.39 is 5.91 Å². The van der Waals surface area contributed by atoms with E-state index in [4.69, 9.17) is 5.73 Å². The average Bonchev–Trinajstić information content (AvgIpc) is 2.45. The first-order chi connectivity index (χ1) is 10.0. The smallest absolute Gasteiger partial charge is 0.257 e. The van der Waals surface area contributed by atoms with Crippen molar-refractivity contribution in [1.29, 1.82) is 0 Å². The molecule has 2 rings (SSSR count). The second-order valence-corrected chi connectivity index (χ2v) is 4.68. The lowest BCUT2D eigenvalue weighted by molar-refractivity contribution is 0.102. The van der Waals surface area contributed by atoms with Gasteiger partial charge in [-0.25, -0.2) is 0 Å². The number of nitrogens with two attached hydrogens (primary N) is 1. The first kappa shape index (κ1) is 14.6. The minimum absolute atomic E-state index is 0.0368. The highest BCUT2D eigenvalue weighted by Gasteiger charge is 2.11. The van der Waals surface area contributed by atoms with E-state index in [1.807, 2.05) is 6.92 Å². The van der Waals surface area contributed by atoms with Crippen LogP contribution in [0, 0.1) is 0 Å². The molecule has 0 spiro atoms. The number of anilines is 2. The maximum Gasteiger partial charge on any atom is 0.257 e. The normalized spacial score (nSPS) is 10.3. The first-order valence-corrected chi connectivity index (χ1v) is 6.61. The highest BCUT2D eigenvalue weighted by Crippen LogP contribution is 2.19. The molecule has 1 aromatic heterocycles. The molecule has 0 aliphatic heterocycles. The third-order valence-electron chi connectivity index (χ3n) is 2.99. The average molecular weight is 287 g/mol. The van der Waals surface area contributed by atoms with E-state index in [-0.39, 0.29) is 22.6 Å². The van der Waals surface area contributed by atoms with Gasteiger partial charge in [0.15, 0.2) is 0 Å². The Balaban J connectivity index is 2.25. The third kappa shape index (κ3) is 3.42. The number of pyridine rings is 1. The van der Waals surface area contributed by atoms with Crippen LogP contribution in [-0.2, 0) is 6.54 Å². The standard InChI is InChI=1S/C15H17N3O3/c1-2-7-18-9-10(3-6-14(18)20)17-15(21)12-8-11(19)4-5-13(12)16/h3-6,8-9,19H,2,7,16H2,1H3,(H,17,21). The first-order valence-electron chi connectivity index (χ1n) is 6.61. The molecule has 110 valence electrons. The van der Waals surface area contributed by atoms with E-state index in [9.17, 15) is 14.7 Å². The molecular formula is C15H17N3O3. The fourth-order valence-electron chi connectivity index (χ4n) is 1.96. The van der Waals surface area contributed by atoms with E-state index >= 15 is 0 Å². The van der Waals surface area contributed by atoms with Gasteiger partial charge in [-0.3, -0.25) is 9.59 Å². The van der Waals surface area contributed by atoms with Gasteiger partial charge in [-0.2, -0.15) is 0 Å². The quantitative estimate of drug-likeness (QED) is 0.590. The third-order valence-corrected chi connectivity index (χ3v) is 2.99. The Morgan fingerprint density at radius 2 is 2.10 bits per heavy atom. The van der Waals surface area contributed by atoms with Crippen LogP contribution in [0.25, 0.3) is 0 Å². The molecule has 1 heterocycles. The second kappa shape index (κ2) is 6.13. The lowest BCUT2D eigenvalue weighted by Gasteiger charge is -2.10. The molecule has 0 bridgehead atoms.